The van der Waals surface area contributed by atoms with Crippen molar-refractivity contribution >= 4 is 17.4 Å². The Labute approximate surface area is 119 Å². The van der Waals surface area contributed by atoms with Gasteiger partial charge in [0.15, 0.2) is 0 Å². The van der Waals surface area contributed by atoms with Crippen LogP contribution in [0.2, 0.25) is 0 Å². The fraction of sp³-hybridized carbons (Fsp3) is 0.333. The molecule has 0 radical (unpaired) electrons. The highest BCUT2D eigenvalue weighted by atomic mass is 16.1. The number of carbonyl (C=O) groups is 1. The maximum Gasteiger partial charge on any atom is 0.256 e. The molecule has 0 unspecified atom stereocenters. The third-order valence-corrected chi connectivity index (χ3v) is 2.97. The minimum atomic E-state index is -0.130. The molecule has 1 heterocycles. The van der Waals surface area contributed by atoms with Gasteiger partial charge in [0.05, 0.1) is 5.69 Å². The molecule has 2 rings (SSSR count). The zero-order valence-corrected chi connectivity index (χ0v) is 12.1. The van der Waals surface area contributed by atoms with E-state index in [9.17, 15) is 4.79 Å². The SMILES string of the molecule is CCCNc1ccc(C(=O)Nc2cc(C)nn2C)cc1. The molecule has 0 saturated carbocycles. The smallest absolute Gasteiger partial charge is 0.256 e. The summed E-state index contributed by atoms with van der Waals surface area (Å²) in [5.74, 6) is 0.565. The summed E-state index contributed by atoms with van der Waals surface area (Å²) in [7, 11) is 1.81. The van der Waals surface area contributed by atoms with Crippen LogP contribution in [0, 0.1) is 6.92 Å². The van der Waals surface area contributed by atoms with Gasteiger partial charge in [0, 0.05) is 30.9 Å². The van der Waals surface area contributed by atoms with Gasteiger partial charge in [0.25, 0.3) is 5.91 Å². The van der Waals surface area contributed by atoms with Gasteiger partial charge in [0.2, 0.25) is 0 Å². The van der Waals surface area contributed by atoms with Crippen molar-refractivity contribution in [3.8, 4) is 0 Å². The Kier molecular flexibility index (Phi) is 4.40. The van der Waals surface area contributed by atoms with E-state index in [4.69, 9.17) is 0 Å². The minimum absolute atomic E-state index is 0.130. The number of anilines is 2. The van der Waals surface area contributed by atoms with Crippen molar-refractivity contribution in [2.75, 3.05) is 17.2 Å². The Morgan fingerprint density at radius 3 is 2.55 bits per heavy atom. The minimum Gasteiger partial charge on any atom is -0.385 e. The number of amides is 1. The summed E-state index contributed by atoms with van der Waals surface area (Å²) >= 11 is 0. The molecule has 20 heavy (non-hydrogen) atoms. The molecule has 5 nitrogen and oxygen atoms in total. The molecule has 0 aliphatic rings. The zero-order chi connectivity index (χ0) is 14.5. The Balaban J connectivity index is 2.04. The summed E-state index contributed by atoms with van der Waals surface area (Å²) in [5, 5.41) is 10.3. The second-order valence-electron chi connectivity index (χ2n) is 4.75. The first kappa shape index (κ1) is 14.1. The van der Waals surface area contributed by atoms with Crippen LogP contribution in [-0.2, 0) is 7.05 Å². The highest BCUT2D eigenvalue weighted by Crippen LogP contribution is 2.13. The largest absolute Gasteiger partial charge is 0.385 e. The molecule has 1 aromatic heterocycles. The first-order valence-electron chi connectivity index (χ1n) is 6.76. The van der Waals surface area contributed by atoms with Crippen molar-refractivity contribution in [1.82, 2.24) is 9.78 Å². The number of aryl methyl sites for hydroxylation is 2. The van der Waals surface area contributed by atoms with Crippen LogP contribution in [0.15, 0.2) is 30.3 Å². The van der Waals surface area contributed by atoms with Crippen LogP contribution < -0.4 is 10.6 Å². The molecule has 0 fully saturated rings. The van der Waals surface area contributed by atoms with Gasteiger partial charge in [-0.25, -0.2) is 0 Å². The lowest BCUT2D eigenvalue weighted by atomic mass is 10.2. The van der Waals surface area contributed by atoms with E-state index in [1.165, 1.54) is 0 Å². The van der Waals surface area contributed by atoms with Gasteiger partial charge in [-0.3, -0.25) is 9.48 Å². The van der Waals surface area contributed by atoms with E-state index in [1.54, 1.807) is 11.7 Å². The lowest BCUT2D eigenvalue weighted by Crippen LogP contribution is -2.14. The Bertz CT molecular complexity index is 586. The number of hydrogen-bond donors (Lipinski definition) is 2. The molecule has 0 bridgehead atoms. The molecule has 0 aliphatic heterocycles. The number of rotatable bonds is 5. The zero-order valence-electron chi connectivity index (χ0n) is 12.1. The fourth-order valence-corrected chi connectivity index (χ4v) is 1.92. The van der Waals surface area contributed by atoms with Crippen LogP contribution >= 0.6 is 0 Å². The molecule has 2 N–H and O–H groups in total. The molecule has 0 aliphatic carbocycles. The average molecular weight is 272 g/mol. The Hall–Kier alpha value is -2.30. The van der Waals surface area contributed by atoms with E-state index in [2.05, 4.69) is 22.7 Å². The topological polar surface area (TPSA) is 59.0 Å². The predicted molar refractivity (Wildman–Crippen MR) is 81.1 cm³/mol. The summed E-state index contributed by atoms with van der Waals surface area (Å²) < 4.78 is 1.66. The maximum absolute atomic E-state index is 12.1. The fourth-order valence-electron chi connectivity index (χ4n) is 1.92. The summed E-state index contributed by atoms with van der Waals surface area (Å²) in [6, 6.07) is 9.31. The average Bonchev–Trinajstić information content (AvgIpc) is 2.75. The molecule has 1 aromatic carbocycles. The lowest BCUT2D eigenvalue weighted by Gasteiger charge is -2.07. The molecule has 2 aromatic rings. The van der Waals surface area contributed by atoms with Crippen LogP contribution in [0.25, 0.3) is 0 Å². The number of nitrogens with zero attached hydrogens (tertiary/aromatic N) is 2. The van der Waals surface area contributed by atoms with Gasteiger partial charge < -0.3 is 10.6 Å². The third kappa shape index (κ3) is 3.38. The van der Waals surface area contributed by atoms with E-state index >= 15 is 0 Å². The second kappa shape index (κ2) is 6.23. The Morgan fingerprint density at radius 2 is 2.00 bits per heavy atom. The third-order valence-electron chi connectivity index (χ3n) is 2.97. The second-order valence-corrected chi connectivity index (χ2v) is 4.75. The van der Waals surface area contributed by atoms with Gasteiger partial charge in [0.1, 0.15) is 5.82 Å². The van der Waals surface area contributed by atoms with E-state index in [0.29, 0.717) is 11.4 Å². The van der Waals surface area contributed by atoms with Crippen LogP contribution in [0.1, 0.15) is 29.4 Å². The van der Waals surface area contributed by atoms with Crippen LogP contribution in [0.5, 0.6) is 0 Å². The number of hydrogen-bond acceptors (Lipinski definition) is 3. The summed E-state index contributed by atoms with van der Waals surface area (Å²) in [4.78, 5) is 12.1. The van der Waals surface area contributed by atoms with Crippen LogP contribution in [-0.4, -0.2) is 22.2 Å². The molecule has 1 amide bonds. The van der Waals surface area contributed by atoms with E-state index in [0.717, 1.165) is 24.3 Å². The molecular weight excluding hydrogens is 252 g/mol. The van der Waals surface area contributed by atoms with Gasteiger partial charge in [-0.2, -0.15) is 5.10 Å². The first-order chi connectivity index (χ1) is 9.60. The highest BCUT2D eigenvalue weighted by molar-refractivity contribution is 6.04. The summed E-state index contributed by atoms with van der Waals surface area (Å²) in [6.07, 6.45) is 1.07. The summed E-state index contributed by atoms with van der Waals surface area (Å²) in [5.41, 5.74) is 2.53. The van der Waals surface area contributed by atoms with Crippen LogP contribution in [0.4, 0.5) is 11.5 Å². The molecule has 0 atom stereocenters. The number of aromatic nitrogens is 2. The van der Waals surface area contributed by atoms with E-state index in [1.807, 2.05) is 37.3 Å². The molecule has 5 heteroatoms. The Morgan fingerprint density at radius 1 is 1.30 bits per heavy atom. The van der Waals surface area contributed by atoms with Crippen molar-refractivity contribution in [2.24, 2.45) is 7.05 Å². The monoisotopic (exact) mass is 272 g/mol. The summed E-state index contributed by atoms with van der Waals surface area (Å²) in [6.45, 7) is 4.94. The van der Waals surface area contributed by atoms with Crippen molar-refractivity contribution in [1.29, 1.82) is 0 Å². The normalized spacial score (nSPS) is 10.3. The lowest BCUT2D eigenvalue weighted by molar-refractivity contribution is 0.102. The molecular formula is C15H20N4O. The van der Waals surface area contributed by atoms with Crippen molar-refractivity contribution in [2.45, 2.75) is 20.3 Å². The van der Waals surface area contributed by atoms with Crippen LogP contribution in [0.3, 0.4) is 0 Å². The maximum atomic E-state index is 12.1. The number of carbonyl (C=O) groups excluding carboxylic acids is 1. The van der Waals surface area contributed by atoms with Crippen molar-refractivity contribution in [3.63, 3.8) is 0 Å². The van der Waals surface area contributed by atoms with E-state index < -0.39 is 0 Å². The standard InChI is InChI=1S/C15H20N4O/c1-4-9-16-13-7-5-12(6-8-13)15(20)17-14-10-11(2)18-19(14)3/h5-8,10,16H,4,9H2,1-3H3,(H,17,20). The van der Waals surface area contributed by atoms with Gasteiger partial charge >= 0.3 is 0 Å². The van der Waals surface area contributed by atoms with Gasteiger partial charge in [-0.05, 0) is 37.6 Å². The molecule has 0 spiro atoms. The molecule has 106 valence electrons. The van der Waals surface area contributed by atoms with Crippen molar-refractivity contribution < 1.29 is 4.79 Å². The van der Waals surface area contributed by atoms with Gasteiger partial charge in [-0.1, -0.05) is 6.92 Å². The molecule has 0 saturated heterocycles. The first-order valence-corrected chi connectivity index (χ1v) is 6.76. The highest BCUT2D eigenvalue weighted by Gasteiger charge is 2.09. The number of benzene rings is 1. The predicted octanol–water partition coefficient (Wildman–Crippen LogP) is 2.80. The van der Waals surface area contributed by atoms with Gasteiger partial charge in [-0.15, -0.1) is 0 Å². The van der Waals surface area contributed by atoms with E-state index in [-0.39, 0.29) is 5.91 Å². The van der Waals surface area contributed by atoms with Crippen molar-refractivity contribution in [3.05, 3.63) is 41.6 Å². The number of nitrogens with one attached hydrogen (secondary N) is 2. The quantitative estimate of drug-likeness (QED) is 0.880.